The van der Waals surface area contributed by atoms with Crippen molar-refractivity contribution in [3.8, 4) is 11.8 Å². The summed E-state index contributed by atoms with van der Waals surface area (Å²) in [6.45, 7) is 0. The molecule has 0 spiro atoms. The van der Waals surface area contributed by atoms with Crippen LogP contribution >= 0.6 is 12.2 Å². The van der Waals surface area contributed by atoms with Crippen molar-refractivity contribution in [2.75, 3.05) is 5.32 Å². The van der Waals surface area contributed by atoms with E-state index in [9.17, 15) is 9.59 Å². The Morgan fingerprint density at radius 3 is 2.50 bits per heavy atom. The minimum Gasteiger partial charge on any atom is -0.332 e. The summed E-state index contributed by atoms with van der Waals surface area (Å²) in [6.07, 6.45) is 0. The second-order valence-corrected chi connectivity index (χ2v) is 7.09. The first-order valence-corrected chi connectivity index (χ1v) is 9.64. The molecule has 0 atom stereocenters. The van der Waals surface area contributed by atoms with Gasteiger partial charge in [-0.2, -0.15) is 0 Å². The number of nitrogens with one attached hydrogen (secondary N) is 2. The number of aromatic amines is 1. The van der Waals surface area contributed by atoms with Gasteiger partial charge in [0.1, 0.15) is 0 Å². The van der Waals surface area contributed by atoms with E-state index in [1.165, 1.54) is 4.57 Å². The number of carbonyl (C=O) groups excluding carboxylic acids is 1. The summed E-state index contributed by atoms with van der Waals surface area (Å²) in [5, 5.41) is 3.35. The summed E-state index contributed by atoms with van der Waals surface area (Å²) in [4.78, 5) is 28.0. The highest BCUT2D eigenvalue weighted by Crippen LogP contribution is 2.15. The lowest BCUT2D eigenvalue weighted by atomic mass is 10.1. The number of H-pyrrole nitrogens is 1. The molecule has 0 fully saturated rings. The summed E-state index contributed by atoms with van der Waals surface area (Å²) >= 11 is 5.15. The number of hydrogen-bond donors (Lipinski definition) is 2. The van der Waals surface area contributed by atoms with E-state index in [1.54, 1.807) is 31.3 Å². The molecule has 0 unspecified atom stereocenters. The lowest BCUT2D eigenvalue weighted by Crippen LogP contribution is -2.19. The second-order valence-electron chi connectivity index (χ2n) is 6.71. The third-order valence-electron chi connectivity index (χ3n) is 4.61. The molecule has 30 heavy (non-hydrogen) atoms. The van der Waals surface area contributed by atoms with Gasteiger partial charge in [0.25, 0.3) is 11.5 Å². The van der Waals surface area contributed by atoms with Crippen molar-refractivity contribution in [2.24, 2.45) is 7.05 Å². The molecular weight excluding hydrogens is 394 g/mol. The molecule has 4 rings (SSSR count). The van der Waals surface area contributed by atoms with Crippen LogP contribution in [-0.2, 0) is 7.05 Å². The van der Waals surface area contributed by atoms with Gasteiger partial charge >= 0.3 is 0 Å². The van der Waals surface area contributed by atoms with E-state index in [2.05, 4.69) is 22.1 Å². The van der Waals surface area contributed by atoms with E-state index >= 15 is 0 Å². The van der Waals surface area contributed by atoms with E-state index < -0.39 is 0 Å². The van der Waals surface area contributed by atoms with Gasteiger partial charge in [-0.3, -0.25) is 14.2 Å². The number of benzene rings is 3. The molecule has 146 valence electrons. The van der Waals surface area contributed by atoms with Gasteiger partial charge in [-0.25, -0.2) is 0 Å². The molecule has 1 amide bonds. The fraction of sp³-hybridized carbons (Fsp3) is 0.0417. The molecule has 2 N–H and O–H groups in total. The number of fused-ring (bicyclic) bond motifs is 1. The number of amides is 1. The van der Waals surface area contributed by atoms with Crippen molar-refractivity contribution >= 4 is 34.7 Å². The van der Waals surface area contributed by atoms with Crippen molar-refractivity contribution in [2.45, 2.75) is 0 Å². The van der Waals surface area contributed by atoms with Gasteiger partial charge in [0.05, 0.1) is 10.9 Å². The molecule has 0 aliphatic carbocycles. The minimum atomic E-state index is -0.287. The highest BCUT2D eigenvalue weighted by molar-refractivity contribution is 7.71. The Balaban J connectivity index is 1.58. The molecule has 1 aromatic heterocycles. The van der Waals surface area contributed by atoms with Gasteiger partial charge in [0.2, 0.25) is 0 Å². The molecule has 0 bridgehead atoms. The van der Waals surface area contributed by atoms with Gasteiger partial charge in [0, 0.05) is 29.4 Å². The van der Waals surface area contributed by atoms with Gasteiger partial charge in [-0.1, -0.05) is 36.1 Å². The zero-order chi connectivity index (χ0) is 21.1. The molecule has 5 nitrogen and oxygen atoms in total. The number of hydrogen-bond acceptors (Lipinski definition) is 3. The number of aromatic nitrogens is 2. The van der Waals surface area contributed by atoms with Crippen LogP contribution in [0.2, 0.25) is 0 Å². The van der Waals surface area contributed by atoms with Crippen molar-refractivity contribution in [3.05, 3.63) is 105 Å². The molecule has 0 saturated carbocycles. The molecule has 3 aromatic carbocycles. The monoisotopic (exact) mass is 411 g/mol. The Hall–Kier alpha value is -3.95. The third kappa shape index (κ3) is 4.07. The smallest absolute Gasteiger partial charge is 0.261 e. The fourth-order valence-electron chi connectivity index (χ4n) is 2.99. The van der Waals surface area contributed by atoms with Crippen molar-refractivity contribution < 1.29 is 4.79 Å². The Labute approximate surface area is 178 Å². The zero-order valence-electron chi connectivity index (χ0n) is 16.1. The predicted molar refractivity (Wildman–Crippen MR) is 121 cm³/mol. The molecule has 6 heteroatoms. The molecule has 0 aliphatic heterocycles. The van der Waals surface area contributed by atoms with Crippen LogP contribution < -0.4 is 10.9 Å². The normalized spacial score (nSPS) is 10.3. The Bertz CT molecular complexity index is 1440. The van der Waals surface area contributed by atoms with Crippen LogP contribution in [0.25, 0.3) is 10.9 Å². The zero-order valence-corrected chi connectivity index (χ0v) is 16.9. The van der Waals surface area contributed by atoms with E-state index in [0.717, 1.165) is 11.1 Å². The molecule has 0 radical (unpaired) electrons. The molecule has 1 heterocycles. The van der Waals surface area contributed by atoms with Crippen molar-refractivity contribution in [1.82, 2.24) is 9.55 Å². The number of nitrogens with zero attached hydrogens (tertiary/aromatic N) is 1. The lowest BCUT2D eigenvalue weighted by molar-refractivity contribution is 0.102. The minimum absolute atomic E-state index is 0.203. The first kappa shape index (κ1) is 19.4. The average Bonchev–Trinajstić information content (AvgIpc) is 2.77. The van der Waals surface area contributed by atoms with Crippen LogP contribution in [0.3, 0.4) is 0 Å². The summed E-state index contributed by atoms with van der Waals surface area (Å²) < 4.78 is 1.66. The van der Waals surface area contributed by atoms with Crippen molar-refractivity contribution in [1.29, 1.82) is 0 Å². The SMILES string of the molecule is Cn1c(=S)[nH]c2cc(C(=O)Nc3cccc(C#Cc4ccccc4)c3)ccc2c1=O. The number of rotatable bonds is 2. The van der Waals surface area contributed by atoms with E-state index in [4.69, 9.17) is 12.2 Å². The molecule has 4 aromatic rings. The van der Waals surface area contributed by atoms with Gasteiger partial charge < -0.3 is 10.3 Å². The number of anilines is 1. The van der Waals surface area contributed by atoms with Gasteiger partial charge in [-0.05, 0) is 60.7 Å². The largest absolute Gasteiger partial charge is 0.332 e. The van der Waals surface area contributed by atoms with E-state index in [-0.39, 0.29) is 11.5 Å². The van der Waals surface area contributed by atoms with E-state index in [0.29, 0.717) is 26.9 Å². The highest BCUT2D eigenvalue weighted by atomic mass is 32.1. The van der Waals surface area contributed by atoms with Crippen LogP contribution in [0, 0.1) is 16.6 Å². The van der Waals surface area contributed by atoms with Gasteiger partial charge in [0.15, 0.2) is 4.77 Å². The van der Waals surface area contributed by atoms with Crippen LogP contribution in [0.15, 0.2) is 77.6 Å². The maximum absolute atomic E-state index is 12.7. The Morgan fingerprint density at radius 2 is 1.70 bits per heavy atom. The first-order valence-electron chi connectivity index (χ1n) is 9.23. The maximum atomic E-state index is 12.7. The second kappa shape index (κ2) is 8.19. The highest BCUT2D eigenvalue weighted by Gasteiger charge is 2.10. The number of carbonyl (C=O) groups is 1. The lowest BCUT2D eigenvalue weighted by Gasteiger charge is -2.08. The fourth-order valence-corrected chi connectivity index (χ4v) is 3.18. The first-order chi connectivity index (χ1) is 14.5. The summed E-state index contributed by atoms with van der Waals surface area (Å²) in [5.74, 6) is 5.91. The molecule has 0 aliphatic rings. The summed E-state index contributed by atoms with van der Waals surface area (Å²) in [6, 6.07) is 21.9. The third-order valence-corrected chi connectivity index (χ3v) is 4.98. The van der Waals surface area contributed by atoms with Crippen LogP contribution in [0.1, 0.15) is 21.5 Å². The maximum Gasteiger partial charge on any atom is 0.261 e. The van der Waals surface area contributed by atoms with Gasteiger partial charge in [-0.15, -0.1) is 0 Å². The summed E-state index contributed by atoms with van der Waals surface area (Å²) in [5.41, 5.74) is 3.09. The Morgan fingerprint density at radius 1 is 0.967 bits per heavy atom. The van der Waals surface area contributed by atoms with Crippen LogP contribution in [0.4, 0.5) is 5.69 Å². The van der Waals surface area contributed by atoms with Crippen molar-refractivity contribution in [3.63, 3.8) is 0 Å². The molecular formula is C24H17N3O2S. The van der Waals surface area contributed by atoms with E-state index in [1.807, 2.05) is 48.5 Å². The standard InChI is InChI=1S/C24H17N3O2S/c1-27-23(29)20-13-12-18(15-21(20)26-24(27)30)22(28)25-19-9-5-8-17(14-19)11-10-16-6-3-2-4-7-16/h2-9,12-15H,1H3,(H,25,28)(H,26,30). The topological polar surface area (TPSA) is 66.9 Å². The Kier molecular flexibility index (Phi) is 5.29. The van der Waals surface area contributed by atoms with Crippen LogP contribution in [0.5, 0.6) is 0 Å². The predicted octanol–water partition coefficient (Wildman–Crippen LogP) is 4.25. The quantitative estimate of drug-likeness (QED) is 0.383. The van der Waals surface area contributed by atoms with Crippen LogP contribution in [-0.4, -0.2) is 15.5 Å². The summed E-state index contributed by atoms with van der Waals surface area (Å²) in [7, 11) is 1.61. The molecule has 0 saturated heterocycles. The average molecular weight is 411 g/mol.